The van der Waals surface area contributed by atoms with Crippen LogP contribution in [0, 0.1) is 11.8 Å². The van der Waals surface area contributed by atoms with E-state index in [-0.39, 0.29) is 17.0 Å². The molecule has 2 aromatic rings. The average Bonchev–Trinajstić information content (AvgIpc) is 3.23. The van der Waals surface area contributed by atoms with Gasteiger partial charge in [0.1, 0.15) is 12.7 Å². The summed E-state index contributed by atoms with van der Waals surface area (Å²) < 4.78 is 2.10. The summed E-state index contributed by atoms with van der Waals surface area (Å²) >= 11 is 0. The molecule has 5 aliphatic rings. The summed E-state index contributed by atoms with van der Waals surface area (Å²) in [7, 11) is 0. The van der Waals surface area contributed by atoms with Gasteiger partial charge in [0.05, 0.1) is 23.3 Å². The van der Waals surface area contributed by atoms with Crippen molar-refractivity contribution in [3.05, 3.63) is 42.2 Å². The number of hydrogen-bond acceptors (Lipinski definition) is 4. The normalized spacial score (nSPS) is 38.4. The van der Waals surface area contributed by atoms with Gasteiger partial charge in [-0.15, -0.1) is 0 Å². The zero-order valence-electron chi connectivity index (χ0n) is 14.1. The molecule has 2 unspecified atom stereocenters. The maximum Gasteiger partial charge on any atom is 0.256 e. The Hall–Kier alpha value is -2.24. The largest absolute Gasteiger partial charge is 0.327 e. The van der Waals surface area contributed by atoms with Gasteiger partial charge in [0.2, 0.25) is 0 Å². The van der Waals surface area contributed by atoms with Gasteiger partial charge in [-0.05, 0) is 62.5 Å². The smallest absolute Gasteiger partial charge is 0.256 e. The first kappa shape index (κ1) is 14.0. The van der Waals surface area contributed by atoms with Gasteiger partial charge in [0, 0.05) is 11.7 Å². The van der Waals surface area contributed by atoms with Gasteiger partial charge in [-0.3, -0.25) is 9.78 Å². The molecule has 25 heavy (non-hydrogen) atoms. The van der Waals surface area contributed by atoms with E-state index in [1.54, 1.807) is 12.5 Å². The van der Waals surface area contributed by atoms with Crippen molar-refractivity contribution in [3.63, 3.8) is 0 Å². The van der Waals surface area contributed by atoms with Crippen molar-refractivity contribution in [2.75, 3.05) is 0 Å². The van der Waals surface area contributed by atoms with E-state index >= 15 is 0 Å². The van der Waals surface area contributed by atoms with E-state index in [0.717, 1.165) is 30.5 Å². The summed E-state index contributed by atoms with van der Waals surface area (Å²) in [5.41, 5.74) is 1.75. The van der Waals surface area contributed by atoms with Crippen molar-refractivity contribution < 1.29 is 4.79 Å². The fourth-order valence-corrected chi connectivity index (χ4v) is 6.71. The molecule has 1 amide bonds. The van der Waals surface area contributed by atoms with Gasteiger partial charge in [-0.2, -0.15) is 5.10 Å². The molecule has 128 valence electrons. The van der Waals surface area contributed by atoms with Crippen LogP contribution in [0.4, 0.5) is 0 Å². The third kappa shape index (κ3) is 1.75. The molecule has 0 saturated heterocycles. The highest BCUT2D eigenvalue weighted by Crippen LogP contribution is 2.62. The third-order valence-electron chi connectivity index (χ3n) is 7.15. The van der Waals surface area contributed by atoms with Crippen LogP contribution in [0.15, 0.2) is 31.0 Å². The Morgan fingerprint density at radius 2 is 1.92 bits per heavy atom. The molecule has 0 spiro atoms. The zero-order chi connectivity index (χ0) is 16.6. The monoisotopic (exact) mass is 335 g/mol. The zero-order valence-corrected chi connectivity index (χ0v) is 14.1. The lowest BCUT2D eigenvalue weighted by Gasteiger charge is -2.64. The molecule has 4 fully saturated rings. The summed E-state index contributed by atoms with van der Waals surface area (Å²) in [6.07, 6.45) is 12.3. The van der Waals surface area contributed by atoms with E-state index in [2.05, 4.69) is 24.6 Å². The lowest BCUT2D eigenvalue weighted by atomic mass is 9.49. The standard InChI is InChI=1S/C19H21N5O/c25-17-15-2-1-3-21-16(15)9-23(17)18-5-13-4-14(6-18)8-19(7-13,10-18)24-12-20-11-22-24/h1-3,11-14H,4-10H2. The highest BCUT2D eigenvalue weighted by atomic mass is 16.2. The average molecular weight is 335 g/mol. The minimum atomic E-state index is -0.0339. The Balaban J connectivity index is 1.43. The van der Waals surface area contributed by atoms with Crippen LogP contribution in [0.5, 0.6) is 0 Å². The maximum atomic E-state index is 13.2. The Labute approximate surface area is 146 Å². The topological polar surface area (TPSA) is 63.9 Å². The maximum absolute atomic E-state index is 13.2. The molecule has 2 atom stereocenters. The van der Waals surface area contributed by atoms with Crippen LogP contribution >= 0.6 is 0 Å². The molecule has 6 heteroatoms. The van der Waals surface area contributed by atoms with Crippen molar-refractivity contribution >= 4 is 5.91 Å². The summed E-state index contributed by atoms with van der Waals surface area (Å²) in [5, 5.41) is 4.51. The molecule has 3 heterocycles. The number of aromatic nitrogens is 4. The van der Waals surface area contributed by atoms with Gasteiger partial charge in [-0.1, -0.05) is 0 Å². The minimum Gasteiger partial charge on any atom is -0.327 e. The second-order valence-corrected chi connectivity index (χ2v) is 8.64. The molecule has 0 radical (unpaired) electrons. The van der Waals surface area contributed by atoms with Crippen LogP contribution in [-0.2, 0) is 12.1 Å². The number of nitrogens with zero attached hydrogens (tertiary/aromatic N) is 5. The van der Waals surface area contributed by atoms with Gasteiger partial charge >= 0.3 is 0 Å². The first-order valence-electron chi connectivity index (χ1n) is 9.29. The van der Waals surface area contributed by atoms with Gasteiger partial charge in [0.15, 0.2) is 0 Å². The lowest BCUT2D eigenvalue weighted by Crippen LogP contribution is -2.65. The van der Waals surface area contributed by atoms with E-state index in [1.165, 1.54) is 19.3 Å². The highest BCUT2D eigenvalue weighted by molar-refractivity contribution is 5.98. The molecule has 4 aliphatic carbocycles. The lowest BCUT2D eigenvalue weighted by molar-refractivity contribution is -0.117. The van der Waals surface area contributed by atoms with E-state index < -0.39 is 0 Å². The minimum absolute atomic E-state index is 0.0339. The first-order valence-corrected chi connectivity index (χ1v) is 9.29. The Kier molecular flexibility index (Phi) is 2.51. The van der Waals surface area contributed by atoms with Crippen LogP contribution in [0.25, 0.3) is 0 Å². The molecule has 4 saturated carbocycles. The van der Waals surface area contributed by atoms with E-state index in [1.807, 2.05) is 18.5 Å². The van der Waals surface area contributed by atoms with E-state index in [9.17, 15) is 4.79 Å². The van der Waals surface area contributed by atoms with Crippen LogP contribution in [0.2, 0.25) is 0 Å². The van der Waals surface area contributed by atoms with Gasteiger partial charge in [-0.25, -0.2) is 9.67 Å². The van der Waals surface area contributed by atoms with Crippen LogP contribution < -0.4 is 0 Å². The van der Waals surface area contributed by atoms with Crippen molar-refractivity contribution in [1.29, 1.82) is 0 Å². The highest BCUT2D eigenvalue weighted by Gasteiger charge is 2.62. The first-order chi connectivity index (χ1) is 12.2. The third-order valence-corrected chi connectivity index (χ3v) is 7.15. The number of pyridine rings is 1. The van der Waals surface area contributed by atoms with Crippen LogP contribution in [0.3, 0.4) is 0 Å². The molecular formula is C19H21N5O. The van der Waals surface area contributed by atoms with E-state index in [0.29, 0.717) is 18.4 Å². The predicted octanol–water partition coefficient (Wildman–Crippen LogP) is 2.38. The second kappa shape index (κ2) is 4.48. The number of amides is 1. The number of carbonyl (C=O) groups is 1. The molecule has 0 N–H and O–H groups in total. The molecule has 2 aromatic heterocycles. The molecular weight excluding hydrogens is 314 g/mol. The van der Waals surface area contributed by atoms with Crippen molar-refractivity contribution in [2.24, 2.45) is 11.8 Å². The number of hydrogen-bond donors (Lipinski definition) is 0. The van der Waals surface area contributed by atoms with Crippen molar-refractivity contribution in [3.8, 4) is 0 Å². The summed E-state index contributed by atoms with van der Waals surface area (Å²) in [6.45, 7) is 0.669. The fourth-order valence-electron chi connectivity index (χ4n) is 6.71. The van der Waals surface area contributed by atoms with Crippen molar-refractivity contribution in [1.82, 2.24) is 24.6 Å². The summed E-state index contributed by atoms with van der Waals surface area (Å²) in [4.78, 5) is 24.0. The van der Waals surface area contributed by atoms with Crippen LogP contribution in [0.1, 0.15) is 54.6 Å². The molecule has 4 bridgehead atoms. The molecule has 6 nitrogen and oxygen atoms in total. The number of carbonyl (C=O) groups excluding carboxylic acids is 1. The molecule has 1 aliphatic heterocycles. The van der Waals surface area contributed by atoms with Crippen molar-refractivity contribution in [2.45, 2.75) is 56.1 Å². The SMILES string of the molecule is O=C1c2cccnc2CN1C12CC3CC(C1)CC(n1cncn1)(C3)C2. The summed E-state index contributed by atoms with van der Waals surface area (Å²) in [6, 6.07) is 3.80. The second-order valence-electron chi connectivity index (χ2n) is 8.64. The van der Waals surface area contributed by atoms with E-state index in [4.69, 9.17) is 0 Å². The number of rotatable bonds is 2. The fraction of sp³-hybridized carbons (Fsp3) is 0.579. The molecule has 0 aromatic carbocycles. The van der Waals surface area contributed by atoms with Crippen LogP contribution in [-0.4, -0.2) is 36.1 Å². The van der Waals surface area contributed by atoms with Gasteiger partial charge in [0.25, 0.3) is 5.91 Å². The van der Waals surface area contributed by atoms with Gasteiger partial charge < -0.3 is 4.90 Å². The Morgan fingerprint density at radius 3 is 2.64 bits per heavy atom. The quantitative estimate of drug-likeness (QED) is 0.845. The number of fused-ring (bicyclic) bond motifs is 1. The molecule has 7 rings (SSSR count). The summed E-state index contributed by atoms with van der Waals surface area (Å²) in [5.74, 6) is 1.56. The Morgan fingerprint density at radius 1 is 1.12 bits per heavy atom. The predicted molar refractivity (Wildman–Crippen MR) is 89.5 cm³/mol. The Bertz CT molecular complexity index is 846.